The Hall–Kier alpha value is -1.35. The van der Waals surface area contributed by atoms with Crippen LogP contribution < -0.4 is 5.32 Å². The lowest BCUT2D eigenvalue weighted by Gasteiger charge is -2.18. The van der Waals surface area contributed by atoms with E-state index in [1.54, 1.807) is 6.07 Å². The van der Waals surface area contributed by atoms with Gasteiger partial charge in [0.15, 0.2) is 0 Å². The van der Waals surface area contributed by atoms with Gasteiger partial charge in [-0.25, -0.2) is 4.39 Å². The molecule has 0 unspecified atom stereocenters. The molecule has 0 amide bonds. The Labute approximate surface area is 121 Å². The first-order valence-corrected chi connectivity index (χ1v) is 7.31. The Bertz CT molecular complexity index is 610. The lowest BCUT2D eigenvalue weighted by atomic mass is 9.97. The minimum atomic E-state index is -0.140. The monoisotopic (exact) mass is 319 g/mol. The van der Waals surface area contributed by atoms with Crippen molar-refractivity contribution >= 4 is 21.6 Å². The molecule has 2 aromatic rings. The second kappa shape index (κ2) is 5.33. The van der Waals surface area contributed by atoms with Gasteiger partial charge < -0.3 is 5.32 Å². The van der Waals surface area contributed by atoms with Crippen molar-refractivity contribution in [3.05, 3.63) is 63.4 Å². The van der Waals surface area contributed by atoms with E-state index in [0.717, 1.165) is 23.0 Å². The van der Waals surface area contributed by atoms with Crippen molar-refractivity contribution in [2.24, 2.45) is 0 Å². The molecule has 1 N–H and O–H groups in total. The molecule has 3 heteroatoms. The van der Waals surface area contributed by atoms with Crippen molar-refractivity contribution in [1.29, 1.82) is 0 Å². The smallest absolute Gasteiger partial charge is 0.126 e. The summed E-state index contributed by atoms with van der Waals surface area (Å²) in [5, 5.41) is 3.39. The van der Waals surface area contributed by atoms with Crippen LogP contribution in [-0.2, 0) is 12.8 Å². The molecule has 0 aliphatic carbocycles. The third kappa shape index (κ3) is 2.81. The fourth-order valence-electron chi connectivity index (χ4n) is 2.54. The molecule has 1 nitrogen and oxygen atoms in total. The van der Waals surface area contributed by atoms with Crippen LogP contribution in [0.5, 0.6) is 0 Å². The van der Waals surface area contributed by atoms with Gasteiger partial charge in [0.25, 0.3) is 0 Å². The summed E-state index contributed by atoms with van der Waals surface area (Å²) in [6.07, 6.45) is 2.91. The lowest BCUT2D eigenvalue weighted by molar-refractivity contribution is 0.613. The molecule has 1 aliphatic heterocycles. The first-order chi connectivity index (χ1) is 9.22. The van der Waals surface area contributed by atoms with Crippen LogP contribution in [0.3, 0.4) is 0 Å². The zero-order valence-electron chi connectivity index (χ0n) is 10.5. The van der Waals surface area contributed by atoms with Crippen LogP contribution >= 0.6 is 15.9 Å². The van der Waals surface area contributed by atoms with E-state index in [4.69, 9.17) is 0 Å². The third-order valence-electron chi connectivity index (χ3n) is 3.51. The van der Waals surface area contributed by atoms with Crippen molar-refractivity contribution < 1.29 is 4.39 Å². The Morgan fingerprint density at radius 3 is 2.95 bits per heavy atom. The lowest BCUT2D eigenvalue weighted by Crippen LogP contribution is -2.11. The largest absolute Gasteiger partial charge is 0.385 e. The molecule has 0 saturated carbocycles. The van der Waals surface area contributed by atoms with Crippen LogP contribution in [0.25, 0.3) is 0 Å². The normalized spacial score (nSPS) is 13.8. The maximum atomic E-state index is 13.8. The van der Waals surface area contributed by atoms with Gasteiger partial charge in [-0.15, -0.1) is 0 Å². The summed E-state index contributed by atoms with van der Waals surface area (Å²) in [6.45, 7) is 1.05. The summed E-state index contributed by atoms with van der Waals surface area (Å²) in [5.41, 5.74) is 4.47. The maximum Gasteiger partial charge on any atom is 0.126 e. The van der Waals surface area contributed by atoms with Gasteiger partial charge in [0.05, 0.1) is 0 Å². The summed E-state index contributed by atoms with van der Waals surface area (Å²) in [6, 6.07) is 11.5. The number of hydrogen-bond donors (Lipinski definition) is 1. The predicted molar refractivity (Wildman–Crippen MR) is 80.2 cm³/mol. The molecule has 19 heavy (non-hydrogen) atoms. The molecule has 0 saturated heterocycles. The molecule has 0 bridgehead atoms. The van der Waals surface area contributed by atoms with Crippen LogP contribution in [0.2, 0.25) is 0 Å². The SMILES string of the molecule is Fc1ccc(Br)cc1Cc1ccc2c(c1)CCCN2. The molecular formula is C16H15BrFN. The highest BCUT2D eigenvalue weighted by Crippen LogP contribution is 2.25. The van der Waals surface area contributed by atoms with E-state index in [0.29, 0.717) is 6.42 Å². The van der Waals surface area contributed by atoms with Crippen LogP contribution in [-0.4, -0.2) is 6.54 Å². The van der Waals surface area contributed by atoms with Crippen molar-refractivity contribution in [2.45, 2.75) is 19.3 Å². The Morgan fingerprint density at radius 1 is 1.16 bits per heavy atom. The van der Waals surface area contributed by atoms with Crippen LogP contribution in [0.4, 0.5) is 10.1 Å². The Kier molecular flexibility index (Phi) is 3.56. The number of aryl methyl sites for hydroxylation is 1. The van der Waals surface area contributed by atoms with Crippen LogP contribution in [0.1, 0.15) is 23.1 Å². The summed E-state index contributed by atoms with van der Waals surface area (Å²) >= 11 is 3.39. The Morgan fingerprint density at radius 2 is 2.05 bits per heavy atom. The van der Waals surface area contributed by atoms with Gasteiger partial charge in [-0.05, 0) is 53.8 Å². The van der Waals surface area contributed by atoms with Gasteiger partial charge in [0.2, 0.25) is 0 Å². The van der Waals surface area contributed by atoms with Crippen molar-refractivity contribution in [1.82, 2.24) is 0 Å². The van der Waals surface area contributed by atoms with Crippen molar-refractivity contribution in [2.75, 3.05) is 11.9 Å². The van der Waals surface area contributed by atoms with Gasteiger partial charge in [-0.2, -0.15) is 0 Å². The van der Waals surface area contributed by atoms with Gasteiger partial charge in [-0.1, -0.05) is 28.1 Å². The van der Waals surface area contributed by atoms with Crippen LogP contribution in [0, 0.1) is 5.82 Å². The predicted octanol–water partition coefficient (Wildman–Crippen LogP) is 4.54. The quantitative estimate of drug-likeness (QED) is 0.857. The second-order valence-electron chi connectivity index (χ2n) is 4.93. The molecule has 98 valence electrons. The highest BCUT2D eigenvalue weighted by atomic mass is 79.9. The molecule has 0 radical (unpaired) electrons. The molecule has 0 fully saturated rings. The number of nitrogens with one attached hydrogen (secondary N) is 1. The minimum Gasteiger partial charge on any atom is -0.385 e. The molecular weight excluding hydrogens is 305 g/mol. The molecule has 1 heterocycles. The summed E-state index contributed by atoms with van der Waals surface area (Å²) in [7, 11) is 0. The van der Waals surface area contributed by atoms with E-state index in [1.807, 2.05) is 6.07 Å². The highest BCUT2D eigenvalue weighted by Gasteiger charge is 2.10. The molecule has 1 aliphatic rings. The van der Waals surface area contributed by atoms with Gasteiger partial charge in [0.1, 0.15) is 5.82 Å². The Balaban J connectivity index is 1.89. The van der Waals surface area contributed by atoms with Gasteiger partial charge in [-0.3, -0.25) is 0 Å². The van der Waals surface area contributed by atoms with Crippen molar-refractivity contribution in [3.8, 4) is 0 Å². The molecule has 3 rings (SSSR count). The fraction of sp³-hybridized carbons (Fsp3) is 0.250. The zero-order chi connectivity index (χ0) is 13.2. The first kappa shape index (κ1) is 12.7. The molecule has 0 atom stereocenters. The summed E-state index contributed by atoms with van der Waals surface area (Å²) in [5.74, 6) is -0.140. The maximum absolute atomic E-state index is 13.8. The number of anilines is 1. The number of halogens is 2. The van der Waals surface area contributed by atoms with E-state index in [-0.39, 0.29) is 5.82 Å². The fourth-order valence-corrected chi connectivity index (χ4v) is 2.95. The summed E-state index contributed by atoms with van der Waals surface area (Å²) in [4.78, 5) is 0. The number of fused-ring (bicyclic) bond motifs is 1. The van der Waals surface area contributed by atoms with Crippen LogP contribution in [0.15, 0.2) is 40.9 Å². The third-order valence-corrected chi connectivity index (χ3v) is 4.00. The summed E-state index contributed by atoms with van der Waals surface area (Å²) < 4.78 is 14.7. The highest BCUT2D eigenvalue weighted by molar-refractivity contribution is 9.10. The molecule has 2 aromatic carbocycles. The molecule has 0 aromatic heterocycles. The average Bonchev–Trinajstić information content (AvgIpc) is 2.43. The topological polar surface area (TPSA) is 12.0 Å². The first-order valence-electron chi connectivity index (χ1n) is 6.52. The standard InChI is InChI=1S/C16H15BrFN/c17-14-4-5-15(18)13(10-14)9-11-3-6-16-12(8-11)2-1-7-19-16/h3-6,8,10,19H,1-2,7,9H2. The number of benzene rings is 2. The van der Waals surface area contributed by atoms with E-state index < -0.39 is 0 Å². The van der Waals surface area contributed by atoms with Crippen molar-refractivity contribution in [3.63, 3.8) is 0 Å². The average molecular weight is 320 g/mol. The molecule has 0 spiro atoms. The van der Waals surface area contributed by atoms with Gasteiger partial charge in [0, 0.05) is 23.1 Å². The number of hydrogen-bond acceptors (Lipinski definition) is 1. The minimum absolute atomic E-state index is 0.140. The van der Waals surface area contributed by atoms with E-state index in [9.17, 15) is 4.39 Å². The number of rotatable bonds is 2. The van der Waals surface area contributed by atoms with E-state index >= 15 is 0 Å². The zero-order valence-corrected chi connectivity index (χ0v) is 12.1. The van der Waals surface area contributed by atoms with E-state index in [1.165, 1.54) is 29.3 Å². The van der Waals surface area contributed by atoms with Gasteiger partial charge >= 0.3 is 0 Å². The van der Waals surface area contributed by atoms with E-state index in [2.05, 4.69) is 39.4 Å². The second-order valence-corrected chi connectivity index (χ2v) is 5.85.